The predicted molar refractivity (Wildman–Crippen MR) is 88.5 cm³/mol. The summed E-state index contributed by atoms with van der Waals surface area (Å²) in [5, 5.41) is 5.04. The van der Waals surface area contributed by atoms with Gasteiger partial charge in [-0.15, -0.1) is 0 Å². The van der Waals surface area contributed by atoms with E-state index in [9.17, 15) is 0 Å². The van der Waals surface area contributed by atoms with Crippen LogP contribution in [-0.2, 0) is 13.0 Å². The zero-order valence-electron chi connectivity index (χ0n) is 13.3. The molecule has 1 aliphatic carbocycles. The molecule has 1 N–H and O–H groups in total. The Balaban J connectivity index is 1.72. The van der Waals surface area contributed by atoms with Gasteiger partial charge in [0.1, 0.15) is 11.3 Å². The summed E-state index contributed by atoms with van der Waals surface area (Å²) < 4.78 is 6.09. The number of para-hydroxylation sites is 1. The molecule has 0 saturated heterocycles. The van der Waals surface area contributed by atoms with Crippen molar-refractivity contribution in [1.82, 2.24) is 5.32 Å². The standard InChI is InChI=1S/C19H27NO/c1-3-5-10-19-16(13-20-17-12-14(17)8-4-2)15-9-6-7-11-18(15)21-19/h6-7,9,11,14,17,20H,3-5,8,10,12-13H2,1-2H3. The fraction of sp³-hybridized carbons (Fsp3) is 0.579. The Morgan fingerprint density at radius 2 is 2.05 bits per heavy atom. The van der Waals surface area contributed by atoms with Gasteiger partial charge in [0.15, 0.2) is 0 Å². The van der Waals surface area contributed by atoms with Crippen LogP contribution in [0.2, 0.25) is 0 Å². The van der Waals surface area contributed by atoms with E-state index in [0.717, 1.165) is 30.5 Å². The number of hydrogen-bond donors (Lipinski definition) is 1. The zero-order chi connectivity index (χ0) is 14.7. The molecule has 21 heavy (non-hydrogen) atoms. The highest BCUT2D eigenvalue weighted by Gasteiger charge is 2.35. The first-order valence-corrected chi connectivity index (χ1v) is 8.56. The summed E-state index contributed by atoms with van der Waals surface area (Å²) in [4.78, 5) is 0. The lowest BCUT2D eigenvalue weighted by Crippen LogP contribution is -2.18. The van der Waals surface area contributed by atoms with Crippen LogP contribution in [0, 0.1) is 5.92 Å². The summed E-state index contributed by atoms with van der Waals surface area (Å²) in [6, 6.07) is 9.19. The van der Waals surface area contributed by atoms with Gasteiger partial charge in [0.2, 0.25) is 0 Å². The fourth-order valence-electron chi connectivity index (χ4n) is 3.30. The first-order valence-electron chi connectivity index (χ1n) is 8.56. The van der Waals surface area contributed by atoms with E-state index < -0.39 is 0 Å². The van der Waals surface area contributed by atoms with Crippen LogP contribution >= 0.6 is 0 Å². The molecule has 2 aromatic rings. The molecule has 0 aliphatic heterocycles. The minimum atomic E-state index is 0.734. The van der Waals surface area contributed by atoms with Gasteiger partial charge in [-0.05, 0) is 31.2 Å². The zero-order valence-corrected chi connectivity index (χ0v) is 13.3. The molecule has 1 saturated carbocycles. The second-order valence-electron chi connectivity index (χ2n) is 6.38. The molecule has 1 aliphatic rings. The quantitative estimate of drug-likeness (QED) is 0.734. The van der Waals surface area contributed by atoms with Crippen molar-refractivity contribution >= 4 is 11.0 Å². The molecular formula is C19H27NO. The molecule has 2 nitrogen and oxygen atoms in total. The van der Waals surface area contributed by atoms with Crippen molar-refractivity contribution in [2.24, 2.45) is 5.92 Å². The van der Waals surface area contributed by atoms with Crippen LogP contribution in [0.1, 0.15) is 57.3 Å². The molecule has 1 heterocycles. The van der Waals surface area contributed by atoms with Crippen molar-refractivity contribution in [2.45, 2.75) is 65.0 Å². The van der Waals surface area contributed by atoms with Gasteiger partial charge in [-0.1, -0.05) is 44.9 Å². The van der Waals surface area contributed by atoms with Gasteiger partial charge in [-0.3, -0.25) is 0 Å². The maximum atomic E-state index is 6.09. The van der Waals surface area contributed by atoms with Crippen LogP contribution in [0.25, 0.3) is 11.0 Å². The molecule has 2 atom stereocenters. The minimum Gasteiger partial charge on any atom is -0.461 e. The summed E-state index contributed by atoms with van der Waals surface area (Å²) in [7, 11) is 0. The lowest BCUT2D eigenvalue weighted by Gasteiger charge is -2.05. The van der Waals surface area contributed by atoms with E-state index in [1.807, 2.05) is 0 Å². The molecule has 0 radical (unpaired) electrons. The van der Waals surface area contributed by atoms with Gasteiger partial charge in [0.05, 0.1) is 0 Å². The Labute approximate surface area is 127 Å². The number of furan rings is 1. The van der Waals surface area contributed by atoms with Gasteiger partial charge in [0, 0.05) is 30.0 Å². The van der Waals surface area contributed by atoms with E-state index in [2.05, 4.69) is 43.4 Å². The SMILES string of the molecule is CCCCc1oc2ccccc2c1CNC1CC1CCC. The maximum Gasteiger partial charge on any atom is 0.134 e. The number of benzene rings is 1. The Kier molecular flexibility index (Phi) is 4.64. The van der Waals surface area contributed by atoms with E-state index in [4.69, 9.17) is 4.42 Å². The lowest BCUT2D eigenvalue weighted by molar-refractivity contribution is 0.521. The van der Waals surface area contributed by atoms with Gasteiger partial charge in [0.25, 0.3) is 0 Å². The Bertz CT molecular complexity index is 586. The largest absolute Gasteiger partial charge is 0.461 e. The Morgan fingerprint density at radius 1 is 1.19 bits per heavy atom. The lowest BCUT2D eigenvalue weighted by atomic mass is 10.1. The van der Waals surface area contributed by atoms with Crippen LogP contribution in [-0.4, -0.2) is 6.04 Å². The topological polar surface area (TPSA) is 25.2 Å². The van der Waals surface area contributed by atoms with E-state index in [0.29, 0.717) is 0 Å². The molecule has 0 amide bonds. The number of nitrogens with one attached hydrogen (secondary N) is 1. The first-order chi connectivity index (χ1) is 10.3. The summed E-state index contributed by atoms with van der Waals surface area (Å²) in [5.41, 5.74) is 2.43. The number of unbranched alkanes of at least 4 members (excludes halogenated alkanes) is 1. The predicted octanol–water partition coefficient (Wildman–Crippen LogP) is 5.05. The van der Waals surface area contributed by atoms with Crippen LogP contribution in [0.15, 0.2) is 28.7 Å². The van der Waals surface area contributed by atoms with Crippen molar-refractivity contribution in [3.05, 3.63) is 35.6 Å². The highest BCUT2D eigenvalue weighted by molar-refractivity contribution is 5.82. The van der Waals surface area contributed by atoms with Gasteiger partial charge in [-0.2, -0.15) is 0 Å². The van der Waals surface area contributed by atoms with Crippen LogP contribution in [0.4, 0.5) is 0 Å². The molecule has 1 aromatic carbocycles. The van der Waals surface area contributed by atoms with Crippen LogP contribution < -0.4 is 5.32 Å². The number of fused-ring (bicyclic) bond motifs is 1. The number of rotatable bonds is 8. The third-order valence-corrected chi connectivity index (χ3v) is 4.66. The van der Waals surface area contributed by atoms with Crippen molar-refractivity contribution in [2.75, 3.05) is 0 Å². The molecule has 0 bridgehead atoms. The average molecular weight is 285 g/mol. The van der Waals surface area contributed by atoms with E-state index in [1.165, 1.54) is 48.8 Å². The number of hydrogen-bond acceptors (Lipinski definition) is 2. The second-order valence-corrected chi connectivity index (χ2v) is 6.38. The molecule has 2 unspecified atom stereocenters. The van der Waals surface area contributed by atoms with E-state index >= 15 is 0 Å². The number of aryl methyl sites for hydroxylation is 1. The minimum absolute atomic E-state index is 0.734. The second kappa shape index (κ2) is 6.65. The molecule has 1 fully saturated rings. The molecule has 0 spiro atoms. The van der Waals surface area contributed by atoms with E-state index in [-0.39, 0.29) is 0 Å². The van der Waals surface area contributed by atoms with Crippen molar-refractivity contribution < 1.29 is 4.42 Å². The third kappa shape index (κ3) is 3.32. The summed E-state index contributed by atoms with van der Waals surface area (Å²) in [5.74, 6) is 2.10. The van der Waals surface area contributed by atoms with Crippen molar-refractivity contribution in [1.29, 1.82) is 0 Å². The molecule has 3 rings (SSSR count). The Morgan fingerprint density at radius 3 is 2.86 bits per heavy atom. The summed E-state index contributed by atoms with van der Waals surface area (Å²) >= 11 is 0. The molecule has 2 heteroatoms. The van der Waals surface area contributed by atoms with Crippen LogP contribution in [0.5, 0.6) is 0 Å². The Hall–Kier alpha value is -1.28. The molecular weight excluding hydrogens is 258 g/mol. The van der Waals surface area contributed by atoms with E-state index in [1.54, 1.807) is 0 Å². The highest BCUT2D eigenvalue weighted by atomic mass is 16.3. The summed E-state index contributed by atoms with van der Waals surface area (Å²) in [6.45, 7) is 5.48. The molecule has 114 valence electrons. The third-order valence-electron chi connectivity index (χ3n) is 4.66. The molecule has 1 aromatic heterocycles. The maximum absolute atomic E-state index is 6.09. The smallest absolute Gasteiger partial charge is 0.134 e. The fourth-order valence-corrected chi connectivity index (χ4v) is 3.30. The summed E-state index contributed by atoms with van der Waals surface area (Å²) in [6.07, 6.45) is 7.50. The van der Waals surface area contributed by atoms with Gasteiger partial charge in [-0.25, -0.2) is 0 Å². The van der Waals surface area contributed by atoms with Gasteiger partial charge < -0.3 is 9.73 Å². The highest BCUT2D eigenvalue weighted by Crippen LogP contribution is 2.35. The van der Waals surface area contributed by atoms with Crippen LogP contribution in [0.3, 0.4) is 0 Å². The first kappa shape index (κ1) is 14.6. The van der Waals surface area contributed by atoms with Crippen molar-refractivity contribution in [3.8, 4) is 0 Å². The average Bonchev–Trinajstić information content (AvgIpc) is 3.14. The monoisotopic (exact) mass is 285 g/mol. The normalized spacial score (nSPS) is 21.0. The van der Waals surface area contributed by atoms with Crippen molar-refractivity contribution in [3.63, 3.8) is 0 Å². The van der Waals surface area contributed by atoms with Gasteiger partial charge >= 0.3 is 0 Å².